The van der Waals surface area contributed by atoms with Crippen molar-refractivity contribution < 1.29 is 9.90 Å². The Morgan fingerprint density at radius 3 is 2.95 bits per heavy atom. The third-order valence-electron chi connectivity index (χ3n) is 3.47. The van der Waals surface area contributed by atoms with Gasteiger partial charge in [0.2, 0.25) is 0 Å². The molecule has 1 aromatic carbocycles. The average Bonchev–Trinajstić information content (AvgIpc) is 3.19. The number of hydrogen-bond acceptors (Lipinski definition) is 4. The van der Waals surface area contributed by atoms with Gasteiger partial charge >= 0.3 is 0 Å². The van der Waals surface area contributed by atoms with Crippen LogP contribution in [0.5, 0.6) is 5.75 Å². The van der Waals surface area contributed by atoms with E-state index >= 15 is 0 Å². The highest BCUT2D eigenvalue weighted by atomic mass is 35.5. The molecule has 1 amide bonds. The number of hydrogen-bond donors (Lipinski definition) is 2. The molecule has 2 N–H and O–H groups in total. The van der Waals surface area contributed by atoms with Gasteiger partial charge in [0.15, 0.2) is 0 Å². The maximum absolute atomic E-state index is 12.2. The number of thiazole rings is 1. The van der Waals surface area contributed by atoms with Crippen LogP contribution < -0.4 is 5.32 Å². The number of nitrogens with zero attached hydrogens (tertiary/aromatic N) is 1. The number of amides is 1. The summed E-state index contributed by atoms with van der Waals surface area (Å²) < 4.78 is 0. The van der Waals surface area contributed by atoms with Crippen LogP contribution in [0.3, 0.4) is 0 Å². The number of carbonyl (C=O) groups excluding carboxylic acids is 1. The van der Waals surface area contributed by atoms with Gasteiger partial charge in [0.1, 0.15) is 5.75 Å². The van der Waals surface area contributed by atoms with Crippen molar-refractivity contribution in [1.29, 1.82) is 0 Å². The van der Waals surface area contributed by atoms with Gasteiger partial charge in [0.25, 0.3) is 5.91 Å². The Bertz CT molecular complexity index is 682. The van der Waals surface area contributed by atoms with E-state index in [1.165, 1.54) is 30.0 Å². The van der Waals surface area contributed by atoms with Gasteiger partial charge in [-0.05, 0) is 38.0 Å². The van der Waals surface area contributed by atoms with E-state index in [0.717, 1.165) is 5.69 Å². The normalized spacial score (nSPS) is 15.7. The van der Waals surface area contributed by atoms with Gasteiger partial charge in [0.05, 0.1) is 21.8 Å². The Kier molecular flexibility index (Phi) is 3.87. The lowest BCUT2D eigenvalue weighted by Gasteiger charge is -2.12. The summed E-state index contributed by atoms with van der Waals surface area (Å²) in [5.74, 6) is 0.364. The van der Waals surface area contributed by atoms with Crippen molar-refractivity contribution in [3.05, 3.63) is 44.9 Å². The van der Waals surface area contributed by atoms with Crippen molar-refractivity contribution in [3.63, 3.8) is 0 Å². The summed E-state index contributed by atoms with van der Waals surface area (Å²) in [4.78, 5) is 16.8. The molecule has 0 aliphatic heterocycles. The third-order valence-corrected chi connectivity index (χ3v) is 4.80. The van der Waals surface area contributed by atoms with Crippen molar-refractivity contribution >= 4 is 28.8 Å². The summed E-state index contributed by atoms with van der Waals surface area (Å²) in [6.07, 6.45) is 2.44. The van der Waals surface area contributed by atoms with Gasteiger partial charge in [-0.2, -0.15) is 0 Å². The number of halogens is 1. The minimum Gasteiger partial charge on any atom is -0.506 e. The zero-order valence-corrected chi connectivity index (χ0v) is 13.0. The van der Waals surface area contributed by atoms with Crippen LogP contribution in [-0.4, -0.2) is 16.0 Å². The van der Waals surface area contributed by atoms with Crippen molar-refractivity contribution in [2.45, 2.75) is 31.7 Å². The van der Waals surface area contributed by atoms with E-state index in [0.29, 0.717) is 11.5 Å². The van der Waals surface area contributed by atoms with Crippen LogP contribution in [0, 0.1) is 0 Å². The highest BCUT2D eigenvalue weighted by Gasteiger charge is 2.27. The van der Waals surface area contributed by atoms with E-state index in [1.54, 1.807) is 17.4 Å². The Hall–Kier alpha value is -1.59. The number of carbonyl (C=O) groups is 1. The predicted molar refractivity (Wildman–Crippen MR) is 83.1 cm³/mol. The molecule has 0 spiro atoms. The minimum atomic E-state index is -0.231. The molecule has 1 saturated carbocycles. The molecule has 1 atom stereocenters. The molecule has 1 heterocycles. The van der Waals surface area contributed by atoms with Crippen molar-refractivity contribution in [1.82, 2.24) is 10.3 Å². The first kappa shape index (κ1) is 14.4. The topological polar surface area (TPSA) is 62.2 Å². The number of aromatic hydroxyl groups is 1. The van der Waals surface area contributed by atoms with Crippen molar-refractivity contribution in [2.24, 2.45) is 0 Å². The molecule has 1 unspecified atom stereocenters. The molecular weight excluding hydrogens is 308 g/mol. The lowest BCUT2D eigenvalue weighted by molar-refractivity contribution is 0.0939. The van der Waals surface area contributed by atoms with Crippen LogP contribution in [0.15, 0.2) is 23.6 Å². The minimum absolute atomic E-state index is 0.0326. The van der Waals surface area contributed by atoms with Gasteiger partial charge in [-0.15, -0.1) is 11.3 Å². The average molecular weight is 323 g/mol. The van der Waals surface area contributed by atoms with Crippen LogP contribution in [0.4, 0.5) is 0 Å². The molecule has 1 aliphatic carbocycles. The van der Waals surface area contributed by atoms with Gasteiger partial charge < -0.3 is 10.4 Å². The van der Waals surface area contributed by atoms with E-state index in [1.807, 2.05) is 12.3 Å². The second-order valence-electron chi connectivity index (χ2n) is 5.25. The van der Waals surface area contributed by atoms with Crippen LogP contribution >= 0.6 is 22.9 Å². The van der Waals surface area contributed by atoms with Crippen LogP contribution in [-0.2, 0) is 0 Å². The second kappa shape index (κ2) is 5.66. The van der Waals surface area contributed by atoms with Crippen LogP contribution in [0.2, 0.25) is 5.02 Å². The highest BCUT2D eigenvalue weighted by molar-refractivity contribution is 7.09. The number of nitrogens with one attached hydrogen (secondary N) is 1. The molecule has 0 radical (unpaired) electrons. The molecule has 0 saturated heterocycles. The van der Waals surface area contributed by atoms with Crippen molar-refractivity contribution in [3.8, 4) is 5.75 Å². The molecule has 4 nitrogen and oxygen atoms in total. The maximum Gasteiger partial charge on any atom is 0.251 e. The molecule has 0 bridgehead atoms. The first-order chi connectivity index (χ1) is 10.0. The molecule has 6 heteroatoms. The number of phenols is 1. The number of rotatable bonds is 4. The van der Waals surface area contributed by atoms with Crippen LogP contribution in [0.25, 0.3) is 0 Å². The lowest BCUT2D eigenvalue weighted by atomic mass is 10.2. The standard InChI is InChI=1S/C15H15ClN2O2S/c1-8(12-7-21-15(18-12)9-2-3-9)17-14(20)10-4-5-13(19)11(16)6-10/h4-9,19H,2-3H2,1H3,(H,17,20). The monoisotopic (exact) mass is 322 g/mol. The molecule has 1 aliphatic rings. The third kappa shape index (κ3) is 3.19. The Labute approximate surface area is 131 Å². The molecule has 3 rings (SSSR count). The summed E-state index contributed by atoms with van der Waals surface area (Å²) >= 11 is 7.48. The van der Waals surface area contributed by atoms with Gasteiger partial charge in [-0.25, -0.2) is 4.98 Å². The van der Waals surface area contributed by atoms with Crippen molar-refractivity contribution in [2.75, 3.05) is 0 Å². The van der Waals surface area contributed by atoms with E-state index in [9.17, 15) is 9.90 Å². The zero-order chi connectivity index (χ0) is 15.0. The quantitative estimate of drug-likeness (QED) is 0.898. The first-order valence-corrected chi connectivity index (χ1v) is 8.05. The van der Waals surface area contributed by atoms with Gasteiger partial charge in [0, 0.05) is 16.9 Å². The van der Waals surface area contributed by atoms with Gasteiger partial charge in [-0.3, -0.25) is 4.79 Å². The lowest BCUT2D eigenvalue weighted by Crippen LogP contribution is -2.26. The van der Waals surface area contributed by atoms with E-state index in [4.69, 9.17) is 11.6 Å². The molecule has 110 valence electrons. The van der Waals surface area contributed by atoms with E-state index < -0.39 is 0 Å². The predicted octanol–water partition coefficient (Wildman–Crippen LogP) is 3.87. The summed E-state index contributed by atoms with van der Waals surface area (Å²) in [6.45, 7) is 1.91. The fourth-order valence-corrected chi connectivity index (χ4v) is 3.28. The Morgan fingerprint density at radius 2 is 2.29 bits per heavy atom. The summed E-state index contributed by atoms with van der Waals surface area (Å²) in [5.41, 5.74) is 1.31. The Balaban J connectivity index is 1.69. The summed E-state index contributed by atoms with van der Waals surface area (Å²) in [5, 5.41) is 15.6. The number of aromatic nitrogens is 1. The first-order valence-electron chi connectivity index (χ1n) is 6.79. The SMILES string of the molecule is CC(NC(=O)c1ccc(O)c(Cl)c1)c1csc(C2CC2)n1. The fraction of sp³-hybridized carbons (Fsp3) is 0.333. The second-order valence-corrected chi connectivity index (χ2v) is 6.54. The van der Waals surface area contributed by atoms with Crippen LogP contribution in [0.1, 0.15) is 52.8 Å². The zero-order valence-electron chi connectivity index (χ0n) is 11.5. The fourth-order valence-electron chi connectivity index (χ4n) is 2.02. The molecule has 2 aromatic rings. The van der Waals surface area contributed by atoms with E-state index in [-0.39, 0.29) is 22.7 Å². The molecule has 1 aromatic heterocycles. The largest absolute Gasteiger partial charge is 0.506 e. The smallest absolute Gasteiger partial charge is 0.251 e. The summed E-state index contributed by atoms with van der Waals surface area (Å²) in [7, 11) is 0. The molecular formula is C15H15ClN2O2S. The highest BCUT2D eigenvalue weighted by Crippen LogP contribution is 2.41. The van der Waals surface area contributed by atoms with Gasteiger partial charge in [-0.1, -0.05) is 11.6 Å². The Morgan fingerprint density at radius 1 is 1.52 bits per heavy atom. The number of phenolic OH excluding ortho intramolecular Hbond substituents is 1. The summed E-state index contributed by atoms with van der Waals surface area (Å²) in [6, 6.07) is 4.25. The maximum atomic E-state index is 12.2. The number of benzene rings is 1. The molecule has 1 fully saturated rings. The van der Waals surface area contributed by atoms with E-state index in [2.05, 4.69) is 10.3 Å². The molecule has 21 heavy (non-hydrogen) atoms.